The highest BCUT2D eigenvalue weighted by molar-refractivity contribution is 6.31. The van der Waals surface area contributed by atoms with Crippen molar-refractivity contribution >= 4 is 34.8 Å². The van der Waals surface area contributed by atoms with Crippen LogP contribution in [-0.4, -0.2) is 40.3 Å². The van der Waals surface area contributed by atoms with Gasteiger partial charge >= 0.3 is 0 Å². The molecule has 0 unspecified atom stereocenters. The minimum absolute atomic E-state index is 0.194. The Kier molecular flexibility index (Phi) is 9.09. The SMILES string of the molecule is COCCCOc1cc(C)nc(Cl)n1.Cc1cc(Cl)nc(Cl)n1. The monoisotopic (exact) mass is 378 g/mol. The van der Waals surface area contributed by atoms with Crippen LogP contribution in [0, 0.1) is 13.8 Å². The van der Waals surface area contributed by atoms with Crippen LogP contribution in [0.4, 0.5) is 0 Å². The fourth-order valence-electron chi connectivity index (χ4n) is 1.45. The van der Waals surface area contributed by atoms with Crippen molar-refractivity contribution in [2.45, 2.75) is 20.3 Å². The summed E-state index contributed by atoms with van der Waals surface area (Å²) in [7, 11) is 1.66. The van der Waals surface area contributed by atoms with Crippen molar-refractivity contribution in [3.05, 3.63) is 39.2 Å². The molecule has 6 nitrogen and oxygen atoms in total. The van der Waals surface area contributed by atoms with Gasteiger partial charge in [0.2, 0.25) is 16.4 Å². The fraction of sp³-hybridized carbons (Fsp3) is 0.429. The molecule has 0 amide bonds. The molecule has 9 heteroatoms. The molecule has 0 bridgehead atoms. The second-order valence-corrected chi connectivity index (χ2v) is 5.48. The number of methoxy groups -OCH3 is 1. The molecule has 0 aliphatic rings. The summed E-state index contributed by atoms with van der Waals surface area (Å²) in [6.45, 7) is 4.90. The van der Waals surface area contributed by atoms with Crippen molar-refractivity contribution in [2.75, 3.05) is 20.3 Å². The van der Waals surface area contributed by atoms with E-state index >= 15 is 0 Å². The van der Waals surface area contributed by atoms with Crippen molar-refractivity contribution in [1.29, 1.82) is 0 Å². The second kappa shape index (κ2) is 10.5. The Labute approximate surface area is 150 Å². The molecule has 0 aliphatic heterocycles. The highest BCUT2D eigenvalue weighted by atomic mass is 35.5. The lowest BCUT2D eigenvalue weighted by atomic mass is 10.4. The van der Waals surface area contributed by atoms with Gasteiger partial charge in [-0.15, -0.1) is 0 Å². The van der Waals surface area contributed by atoms with Crippen LogP contribution in [0.15, 0.2) is 12.1 Å². The normalized spacial score (nSPS) is 10.0. The molecule has 0 aromatic carbocycles. The lowest BCUT2D eigenvalue weighted by molar-refractivity contribution is 0.170. The molecule has 2 rings (SSSR count). The molecule has 0 spiro atoms. The summed E-state index contributed by atoms with van der Waals surface area (Å²) in [5.74, 6) is 0.513. The van der Waals surface area contributed by atoms with Gasteiger partial charge in [0.1, 0.15) is 5.15 Å². The zero-order chi connectivity index (χ0) is 17.2. The van der Waals surface area contributed by atoms with E-state index in [0.29, 0.717) is 24.2 Å². The molecule has 0 atom stereocenters. The van der Waals surface area contributed by atoms with Crippen molar-refractivity contribution in [3.8, 4) is 5.88 Å². The summed E-state index contributed by atoms with van der Waals surface area (Å²) < 4.78 is 10.2. The van der Waals surface area contributed by atoms with Gasteiger partial charge < -0.3 is 9.47 Å². The van der Waals surface area contributed by atoms with Crippen LogP contribution >= 0.6 is 34.8 Å². The van der Waals surface area contributed by atoms with Crippen molar-refractivity contribution in [3.63, 3.8) is 0 Å². The van der Waals surface area contributed by atoms with Crippen LogP contribution in [-0.2, 0) is 4.74 Å². The van der Waals surface area contributed by atoms with Crippen LogP contribution in [0.5, 0.6) is 5.88 Å². The highest BCUT2D eigenvalue weighted by Crippen LogP contribution is 2.12. The van der Waals surface area contributed by atoms with Gasteiger partial charge in [0, 0.05) is 37.6 Å². The van der Waals surface area contributed by atoms with Crippen molar-refractivity contribution in [1.82, 2.24) is 19.9 Å². The van der Waals surface area contributed by atoms with E-state index in [-0.39, 0.29) is 10.6 Å². The molecule has 2 aromatic heterocycles. The third-order valence-electron chi connectivity index (χ3n) is 2.34. The Hall–Kier alpha value is -1.21. The number of hydrogen-bond donors (Lipinski definition) is 0. The van der Waals surface area contributed by atoms with E-state index in [4.69, 9.17) is 44.3 Å². The van der Waals surface area contributed by atoms with Crippen LogP contribution < -0.4 is 4.74 Å². The summed E-state index contributed by atoms with van der Waals surface area (Å²) in [5.41, 5.74) is 1.58. The van der Waals surface area contributed by atoms with E-state index in [0.717, 1.165) is 17.8 Å². The topological polar surface area (TPSA) is 70.0 Å². The summed E-state index contributed by atoms with van der Waals surface area (Å²) in [5, 5.41) is 0.791. The van der Waals surface area contributed by atoms with Gasteiger partial charge in [-0.1, -0.05) is 11.6 Å². The van der Waals surface area contributed by atoms with Crippen LogP contribution in [0.2, 0.25) is 15.7 Å². The predicted molar refractivity (Wildman–Crippen MR) is 90.6 cm³/mol. The molecule has 0 radical (unpaired) electrons. The maximum absolute atomic E-state index is 5.66. The zero-order valence-corrected chi connectivity index (χ0v) is 15.3. The van der Waals surface area contributed by atoms with E-state index in [1.807, 2.05) is 6.92 Å². The Morgan fingerprint density at radius 1 is 0.870 bits per heavy atom. The summed E-state index contributed by atoms with van der Waals surface area (Å²) >= 11 is 16.6. The van der Waals surface area contributed by atoms with Gasteiger partial charge in [-0.05, 0) is 43.1 Å². The lowest BCUT2D eigenvalue weighted by Crippen LogP contribution is -2.03. The van der Waals surface area contributed by atoms with Crippen LogP contribution in [0.1, 0.15) is 17.8 Å². The Morgan fingerprint density at radius 2 is 1.48 bits per heavy atom. The van der Waals surface area contributed by atoms with Crippen molar-refractivity contribution < 1.29 is 9.47 Å². The lowest BCUT2D eigenvalue weighted by Gasteiger charge is -2.05. The van der Waals surface area contributed by atoms with Crippen LogP contribution in [0.25, 0.3) is 0 Å². The molecule has 0 saturated carbocycles. The molecule has 0 fully saturated rings. The van der Waals surface area contributed by atoms with Gasteiger partial charge in [-0.3, -0.25) is 0 Å². The minimum Gasteiger partial charge on any atom is -0.477 e. The van der Waals surface area contributed by atoms with Crippen molar-refractivity contribution in [2.24, 2.45) is 0 Å². The molecule has 0 N–H and O–H groups in total. The Morgan fingerprint density at radius 3 is 2.00 bits per heavy atom. The number of aromatic nitrogens is 4. The Bertz CT molecular complexity index is 558. The summed E-state index contributed by atoms with van der Waals surface area (Å²) in [4.78, 5) is 15.3. The van der Waals surface area contributed by atoms with Gasteiger partial charge in [-0.25, -0.2) is 15.0 Å². The van der Waals surface area contributed by atoms with Crippen LogP contribution in [0.3, 0.4) is 0 Å². The molecular weight excluding hydrogens is 363 g/mol. The van der Waals surface area contributed by atoms with Gasteiger partial charge in [-0.2, -0.15) is 4.98 Å². The van der Waals surface area contributed by atoms with E-state index in [1.54, 1.807) is 26.2 Å². The molecule has 0 aliphatic carbocycles. The maximum atomic E-state index is 5.66. The highest BCUT2D eigenvalue weighted by Gasteiger charge is 2.00. The first-order valence-electron chi connectivity index (χ1n) is 6.70. The number of halogens is 3. The maximum Gasteiger partial charge on any atom is 0.225 e. The standard InChI is InChI=1S/C9H13ClN2O2.C5H4Cl2N2/c1-7-6-8(12-9(10)11-7)14-5-3-4-13-2;1-3-2-4(6)9-5(7)8-3/h6H,3-5H2,1-2H3;2H,1H3. The Balaban J connectivity index is 0.000000253. The van der Waals surface area contributed by atoms with E-state index in [1.165, 1.54) is 0 Å². The first-order chi connectivity index (χ1) is 10.9. The average molecular weight is 380 g/mol. The average Bonchev–Trinajstić information content (AvgIpc) is 2.42. The van der Waals surface area contributed by atoms with Gasteiger partial charge in [0.25, 0.3) is 0 Å². The number of hydrogen-bond acceptors (Lipinski definition) is 6. The second-order valence-electron chi connectivity index (χ2n) is 4.41. The largest absolute Gasteiger partial charge is 0.477 e. The van der Waals surface area contributed by atoms with Gasteiger partial charge in [0.15, 0.2) is 0 Å². The first-order valence-corrected chi connectivity index (χ1v) is 7.83. The van der Waals surface area contributed by atoms with Gasteiger partial charge in [0.05, 0.1) is 6.61 Å². The predicted octanol–water partition coefficient (Wildman–Crippen LogP) is 3.95. The van der Waals surface area contributed by atoms with E-state index in [9.17, 15) is 0 Å². The number of aryl methyl sites for hydroxylation is 2. The molecule has 2 aromatic rings. The minimum atomic E-state index is 0.194. The smallest absolute Gasteiger partial charge is 0.225 e. The quantitative estimate of drug-likeness (QED) is 0.445. The molecule has 126 valence electrons. The number of nitrogens with zero attached hydrogens (tertiary/aromatic N) is 4. The number of rotatable bonds is 5. The van der Waals surface area contributed by atoms with E-state index < -0.39 is 0 Å². The van der Waals surface area contributed by atoms with E-state index in [2.05, 4.69) is 19.9 Å². The number of ether oxygens (including phenoxy) is 2. The summed E-state index contributed by atoms with van der Waals surface area (Å²) in [6.07, 6.45) is 0.831. The summed E-state index contributed by atoms with van der Waals surface area (Å²) in [6, 6.07) is 3.39. The zero-order valence-electron chi connectivity index (χ0n) is 13.0. The fourth-order valence-corrected chi connectivity index (χ4v) is 2.18. The molecule has 23 heavy (non-hydrogen) atoms. The molecule has 2 heterocycles. The molecule has 0 saturated heterocycles. The third-order valence-corrected chi connectivity index (χ3v) is 2.87. The third kappa shape index (κ3) is 8.86. The molecular formula is C14H17Cl3N4O2. The first kappa shape index (κ1) is 19.8.